The van der Waals surface area contributed by atoms with Crippen LogP contribution in [0.4, 0.5) is 4.79 Å². The number of allylic oxidation sites excluding steroid dienone is 3. The van der Waals surface area contributed by atoms with Crippen LogP contribution < -0.4 is 0 Å². The molecule has 0 aliphatic carbocycles. The van der Waals surface area contributed by atoms with Gasteiger partial charge in [-0.15, -0.1) is 11.8 Å². The fourth-order valence-corrected chi connectivity index (χ4v) is 4.26. The van der Waals surface area contributed by atoms with E-state index in [0.717, 1.165) is 29.7 Å². The van der Waals surface area contributed by atoms with Gasteiger partial charge in [-0.2, -0.15) is 0 Å². The van der Waals surface area contributed by atoms with Crippen molar-refractivity contribution in [1.82, 2.24) is 4.90 Å². The van der Waals surface area contributed by atoms with E-state index in [1.165, 1.54) is 4.91 Å². The molecular weight excluding hydrogens is 334 g/mol. The Hall–Kier alpha value is -2.01. The van der Waals surface area contributed by atoms with Crippen molar-refractivity contribution < 1.29 is 14.3 Å². The molecule has 0 atom stereocenters. The molecule has 0 N–H and O–H groups in total. The highest BCUT2D eigenvalue weighted by atomic mass is 32.2. The van der Waals surface area contributed by atoms with Crippen LogP contribution in [0.15, 0.2) is 53.0 Å². The summed E-state index contributed by atoms with van der Waals surface area (Å²) >= 11 is 1.81. The molecule has 0 saturated carbocycles. The number of likely N-dealkylation sites (tertiary alicyclic amines) is 1. The molecule has 4 nitrogen and oxygen atoms in total. The molecule has 132 valence electrons. The molecule has 0 aromatic heterocycles. The lowest BCUT2D eigenvalue weighted by atomic mass is 9.95. The van der Waals surface area contributed by atoms with Gasteiger partial charge in [0.15, 0.2) is 5.78 Å². The molecular formula is C20H23NO3S. The number of amides is 1. The minimum Gasteiger partial charge on any atom is -0.445 e. The van der Waals surface area contributed by atoms with Crippen LogP contribution in [0.5, 0.6) is 0 Å². The predicted molar refractivity (Wildman–Crippen MR) is 100 cm³/mol. The second-order valence-electron chi connectivity index (χ2n) is 6.37. The quantitative estimate of drug-likeness (QED) is 0.811. The summed E-state index contributed by atoms with van der Waals surface area (Å²) in [4.78, 5) is 26.9. The van der Waals surface area contributed by atoms with E-state index in [2.05, 4.69) is 0 Å². The van der Waals surface area contributed by atoms with Crippen LogP contribution in [0.1, 0.15) is 25.3 Å². The molecule has 1 aromatic carbocycles. The molecule has 2 aliphatic rings. The summed E-state index contributed by atoms with van der Waals surface area (Å²) in [6, 6.07) is 9.72. The van der Waals surface area contributed by atoms with Gasteiger partial charge in [-0.1, -0.05) is 36.4 Å². The molecule has 3 rings (SSSR count). The summed E-state index contributed by atoms with van der Waals surface area (Å²) in [6.07, 6.45) is 5.63. The molecule has 1 saturated heterocycles. The van der Waals surface area contributed by atoms with Gasteiger partial charge in [0.1, 0.15) is 6.61 Å². The van der Waals surface area contributed by atoms with Gasteiger partial charge in [0.05, 0.1) is 0 Å². The van der Waals surface area contributed by atoms with Crippen molar-refractivity contribution in [3.8, 4) is 0 Å². The monoisotopic (exact) mass is 357 g/mol. The Bertz CT molecular complexity index is 688. The average molecular weight is 357 g/mol. The lowest BCUT2D eigenvalue weighted by molar-refractivity contribution is -0.113. The topological polar surface area (TPSA) is 46.6 Å². The van der Waals surface area contributed by atoms with Gasteiger partial charge in [-0.3, -0.25) is 4.79 Å². The zero-order chi connectivity index (χ0) is 17.6. The van der Waals surface area contributed by atoms with Crippen LogP contribution in [0.3, 0.4) is 0 Å². The number of hydrogen-bond acceptors (Lipinski definition) is 4. The van der Waals surface area contributed by atoms with Crippen LogP contribution in [-0.4, -0.2) is 35.6 Å². The normalized spacial score (nSPS) is 18.4. The van der Waals surface area contributed by atoms with Crippen molar-refractivity contribution in [2.45, 2.75) is 26.4 Å². The molecule has 1 fully saturated rings. The largest absolute Gasteiger partial charge is 0.445 e. The number of benzene rings is 1. The van der Waals surface area contributed by atoms with Crippen molar-refractivity contribution in [2.75, 3.05) is 18.8 Å². The van der Waals surface area contributed by atoms with E-state index in [1.54, 1.807) is 23.6 Å². The highest BCUT2D eigenvalue weighted by Crippen LogP contribution is 2.36. The first-order chi connectivity index (χ1) is 12.1. The third-order valence-corrected chi connectivity index (χ3v) is 5.74. The van der Waals surface area contributed by atoms with E-state index in [1.807, 2.05) is 42.5 Å². The van der Waals surface area contributed by atoms with Crippen LogP contribution in [0, 0.1) is 5.92 Å². The summed E-state index contributed by atoms with van der Waals surface area (Å²) in [7, 11) is 0. The maximum Gasteiger partial charge on any atom is 0.410 e. The maximum atomic E-state index is 12.2. The Morgan fingerprint density at radius 3 is 2.60 bits per heavy atom. The number of piperidine rings is 1. The number of thioether (sulfide) groups is 1. The molecule has 0 spiro atoms. The fraction of sp³-hybridized carbons (Fsp3) is 0.400. The number of carbonyl (C=O) groups excluding carboxylic acids is 2. The van der Waals surface area contributed by atoms with Crippen LogP contribution in [0.2, 0.25) is 0 Å². The van der Waals surface area contributed by atoms with Gasteiger partial charge in [0, 0.05) is 24.4 Å². The summed E-state index contributed by atoms with van der Waals surface area (Å²) < 4.78 is 5.41. The molecule has 5 heteroatoms. The average Bonchev–Trinajstić information content (AvgIpc) is 2.67. The highest BCUT2D eigenvalue weighted by molar-refractivity contribution is 8.03. The fourth-order valence-electron chi connectivity index (χ4n) is 3.12. The predicted octanol–water partition coefficient (Wildman–Crippen LogP) is 4.18. The molecule has 1 aromatic rings. The van der Waals surface area contributed by atoms with Crippen LogP contribution >= 0.6 is 11.8 Å². The van der Waals surface area contributed by atoms with Crippen molar-refractivity contribution in [3.05, 3.63) is 58.5 Å². The maximum absolute atomic E-state index is 12.2. The van der Waals surface area contributed by atoms with E-state index in [4.69, 9.17) is 4.74 Å². The molecule has 0 bridgehead atoms. The SMILES string of the molecule is CC(=O)C1=CCSC(C2CCN(C(=O)OCc3ccccc3)CC2)=C1. The molecule has 2 heterocycles. The summed E-state index contributed by atoms with van der Waals surface area (Å²) in [5, 5.41) is 0. The molecule has 2 aliphatic heterocycles. The van der Waals surface area contributed by atoms with Gasteiger partial charge in [-0.05, 0) is 42.2 Å². The first kappa shape index (κ1) is 17.8. The van der Waals surface area contributed by atoms with E-state index >= 15 is 0 Å². The number of hydrogen-bond donors (Lipinski definition) is 0. The van der Waals surface area contributed by atoms with Crippen molar-refractivity contribution in [3.63, 3.8) is 0 Å². The zero-order valence-corrected chi connectivity index (χ0v) is 15.3. The lowest BCUT2D eigenvalue weighted by Gasteiger charge is -2.33. The second kappa shape index (κ2) is 8.39. The van der Waals surface area contributed by atoms with E-state index in [0.29, 0.717) is 25.6 Å². The first-order valence-electron chi connectivity index (χ1n) is 8.64. The number of rotatable bonds is 4. The molecule has 0 radical (unpaired) electrons. The van der Waals surface area contributed by atoms with Gasteiger partial charge in [-0.25, -0.2) is 4.79 Å². The van der Waals surface area contributed by atoms with Crippen molar-refractivity contribution >= 4 is 23.6 Å². The standard InChI is InChI=1S/C20H23NO3S/c1-15(22)18-9-12-25-19(13-18)17-7-10-21(11-8-17)20(23)24-14-16-5-3-2-4-6-16/h2-6,9,13,17H,7-8,10-12,14H2,1H3. The Labute approximate surface area is 152 Å². The van der Waals surface area contributed by atoms with E-state index in [-0.39, 0.29) is 11.9 Å². The number of Topliss-reactive ketones (excluding diaryl/α,β-unsaturated/α-hetero) is 1. The van der Waals surface area contributed by atoms with Gasteiger partial charge < -0.3 is 9.64 Å². The third-order valence-electron chi connectivity index (χ3n) is 4.62. The van der Waals surface area contributed by atoms with Crippen LogP contribution in [0.25, 0.3) is 0 Å². The van der Waals surface area contributed by atoms with Gasteiger partial charge in [0.2, 0.25) is 0 Å². The van der Waals surface area contributed by atoms with Crippen molar-refractivity contribution in [1.29, 1.82) is 0 Å². The third kappa shape index (κ3) is 4.75. The number of nitrogens with zero attached hydrogens (tertiary/aromatic N) is 1. The number of ketones is 1. The summed E-state index contributed by atoms with van der Waals surface area (Å²) in [6.45, 7) is 3.33. The van der Waals surface area contributed by atoms with Gasteiger partial charge >= 0.3 is 6.09 Å². The van der Waals surface area contributed by atoms with Crippen LogP contribution in [-0.2, 0) is 16.1 Å². The van der Waals surface area contributed by atoms with E-state index < -0.39 is 0 Å². The highest BCUT2D eigenvalue weighted by Gasteiger charge is 2.27. The molecule has 0 unspecified atom stereocenters. The van der Waals surface area contributed by atoms with Gasteiger partial charge in [0.25, 0.3) is 0 Å². The molecule has 1 amide bonds. The smallest absolute Gasteiger partial charge is 0.410 e. The second-order valence-corrected chi connectivity index (χ2v) is 7.47. The van der Waals surface area contributed by atoms with E-state index in [9.17, 15) is 9.59 Å². The zero-order valence-electron chi connectivity index (χ0n) is 14.4. The minimum atomic E-state index is -0.239. The Balaban J connectivity index is 1.49. The Morgan fingerprint density at radius 1 is 1.20 bits per heavy atom. The summed E-state index contributed by atoms with van der Waals surface area (Å²) in [5.74, 6) is 1.42. The lowest BCUT2D eigenvalue weighted by Crippen LogP contribution is -2.39. The number of carbonyl (C=O) groups is 2. The number of ether oxygens (including phenoxy) is 1. The first-order valence-corrected chi connectivity index (χ1v) is 9.63. The van der Waals surface area contributed by atoms with Crippen molar-refractivity contribution in [2.24, 2.45) is 5.92 Å². The Morgan fingerprint density at radius 2 is 1.92 bits per heavy atom. The minimum absolute atomic E-state index is 0.125. The Kier molecular flexibility index (Phi) is 5.97. The molecule has 25 heavy (non-hydrogen) atoms. The summed E-state index contributed by atoms with van der Waals surface area (Å²) in [5.41, 5.74) is 1.82.